The smallest absolute Gasteiger partial charge is 0.227 e. The first-order valence-electron chi connectivity index (χ1n) is 44.0. The lowest BCUT2D eigenvalue weighted by Gasteiger charge is -2.20. The largest absolute Gasteiger partial charge is 0.455 e. The number of fused-ring (bicyclic) bond motifs is 10. The predicted octanol–water partition coefficient (Wildman–Crippen LogP) is 30.0. The van der Waals surface area contributed by atoms with E-state index >= 15 is 4.57 Å². The van der Waals surface area contributed by atoms with E-state index in [1.54, 1.807) is 0 Å². The Morgan fingerprint density at radius 2 is 0.598 bits per heavy atom. The van der Waals surface area contributed by atoms with E-state index in [0.717, 1.165) is 228 Å². The van der Waals surface area contributed by atoms with Crippen LogP contribution in [0.25, 0.3) is 195 Å². The maximum atomic E-state index is 15.1. The summed E-state index contributed by atoms with van der Waals surface area (Å²) in [6.07, 6.45) is 9.15. The highest BCUT2D eigenvalue weighted by molar-refractivity contribution is 7.85. The number of rotatable bonds is 16. The van der Waals surface area contributed by atoms with Gasteiger partial charge in [-0.3, -0.25) is 0 Å². The van der Waals surface area contributed by atoms with Crippen molar-refractivity contribution >= 4 is 111 Å². The van der Waals surface area contributed by atoms with Gasteiger partial charge in [0.2, 0.25) is 5.89 Å². The van der Waals surface area contributed by atoms with Gasteiger partial charge in [0.15, 0.2) is 12.7 Å². The van der Waals surface area contributed by atoms with Crippen LogP contribution in [0.2, 0.25) is 0 Å². The Morgan fingerprint density at radius 3 is 0.977 bits per heavy atom. The highest BCUT2D eigenvalue weighted by Crippen LogP contribution is 2.52. The maximum Gasteiger partial charge on any atom is 0.227 e. The van der Waals surface area contributed by atoms with Gasteiger partial charge in [-0.15, -0.1) is 0 Å². The molecule has 1 aliphatic rings. The normalized spacial score (nSPS) is 12.5. The summed E-state index contributed by atoms with van der Waals surface area (Å²) in [5.74, 6) is 3.50. The summed E-state index contributed by atoms with van der Waals surface area (Å²) in [6, 6.07) is 149. The molecule has 1 aliphatic carbocycles. The summed E-state index contributed by atoms with van der Waals surface area (Å²) in [5.41, 5.74) is 32.9. The lowest BCUT2D eigenvalue weighted by atomic mass is 9.93. The van der Waals surface area contributed by atoms with Crippen molar-refractivity contribution in [2.75, 3.05) is 0 Å². The SMILES string of the molecule is NC(=N/C(=C1/C=CC=CC1)c1ccc(-c2c(-c3ccccc3)oc3c2c(-c2ccccc2)nc2ccccc23)cc1)c1ccccc1.O=P(c1ccccc1)(c1ccccc1)c1ccc(-c2c(-c3ccccc3)oc3c2c(-c2ccccc2)nc2ccccc23)cc1.c1ccc(-c2oc3c(c(-c4ccccc4)nc4ccccc43)c2-c2ccc(-c3nc4ccccc4o3)cc2)cc1. The molecule has 0 fully saturated rings. The molecule has 0 bridgehead atoms. The number of hydrogen-bond donors (Lipinski definition) is 1. The van der Waals surface area contributed by atoms with Gasteiger partial charge < -0.3 is 28.0 Å². The standard InChI is InChI=1S/C43H31N3O.C41H28NO2P.C36H22N2O2/c44-43(34-21-11-4-12-22-34)46-39(30-15-5-1-6-16-30)32-27-25-29(26-28-32)37-38-40(31-17-7-2-8-18-31)45-36-24-14-13-23-35(36)42(38)47-41(37)33-19-9-3-10-20-33;43-45(32-19-9-3-10-20-32,33-21-11-4-12-22-33)34-27-25-29(26-28-34)37-38-39(30-15-5-1-6-16-30)42-36-24-14-13-23-35(36)41(38)44-40(37)31-17-7-2-8-18-31;1-3-11-24(12-4-1)33-32-31(23-19-21-26(22-20-23)36-38-29-17-9-10-18-30(29)39-36)34(25-13-5-2-6-14-25)40-35(32)27-15-7-8-16-28(27)37-33/h1-15,17-28H,16H2,(H2,44,46);1-28H;1-22H/b39-30-;;. The summed E-state index contributed by atoms with van der Waals surface area (Å²) in [6.45, 7) is 0. The van der Waals surface area contributed by atoms with Gasteiger partial charge in [0.25, 0.3) is 0 Å². The van der Waals surface area contributed by atoms with Crippen molar-refractivity contribution < 1.29 is 22.2 Å². The monoisotopic (exact) mass is 1720 g/mol. The molecule has 0 spiro atoms. The highest BCUT2D eigenvalue weighted by Gasteiger charge is 2.33. The first-order valence-corrected chi connectivity index (χ1v) is 45.7. The second-order valence-electron chi connectivity index (χ2n) is 32.4. The molecule has 0 saturated carbocycles. The van der Waals surface area contributed by atoms with Gasteiger partial charge in [-0.1, -0.05) is 406 Å². The van der Waals surface area contributed by atoms with Crippen LogP contribution in [-0.4, -0.2) is 25.8 Å². The zero-order valence-corrected chi connectivity index (χ0v) is 72.4. The minimum atomic E-state index is -3.12. The van der Waals surface area contributed by atoms with Crippen molar-refractivity contribution in [1.82, 2.24) is 19.9 Å². The Hall–Kier alpha value is -17.2. The number of amidine groups is 1. The number of nitrogens with zero attached hydrogens (tertiary/aromatic N) is 5. The van der Waals surface area contributed by atoms with E-state index in [0.29, 0.717) is 11.7 Å². The summed E-state index contributed by atoms with van der Waals surface area (Å²) < 4.78 is 41.6. The summed E-state index contributed by atoms with van der Waals surface area (Å²) in [4.78, 5) is 25.3. The van der Waals surface area contributed by atoms with E-state index < -0.39 is 7.14 Å². The van der Waals surface area contributed by atoms with Crippen LogP contribution in [0.5, 0.6) is 0 Å². The van der Waals surface area contributed by atoms with Crippen molar-refractivity contribution in [1.29, 1.82) is 0 Å². The third-order valence-corrected chi connectivity index (χ3v) is 27.3. The number of aliphatic imine (C=N–C) groups is 1. The number of aromatic nitrogens is 4. The van der Waals surface area contributed by atoms with Crippen molar-refractivity contribution in [3.8, 4) is 113 Å². The van der Waals surface area contributed by atoms with Crippen LogP contribution >= 0.6 is 7.14 Å². The summed E-state index contributed by atoms with van der Waals surface area (Å²) >= 11 is 0. The van der Waals surface area contributed by atoms with Gasteiger partial charge in [-0.2, -0.15) is 0 Å². The Morgan fingerprint density at radius 1 is 0.280 bits per heavy atom. The lowest BCUT2D eigenvalue weighted by molar-refractivity contribution is 0.592. The molecule has 626 valence electrons. The molecule has 0 unspecified atom stereocenters. The molecule has 0 amide bonds. The number of nitrogens with two attached hydrogens (primary N) is 1. The molecule has 0 atom stereocenters. The van der Waals surface area contributed by atoms with Gasteiger partial charge in [0.1, 0.15) is 45.4 Å². The highest BCUT2D eigenvalue weighted by atomic mass is 31.2. The number of allylic oxidation sites excluding steroid dienone is 5. The fourth-order valence-electron chi connectivity index (χ4n) is 17.9. The van der Waals surface area contributed by atoms with Crippen LogP contribution < -0.4 is 21.6 Å². The number of oxazole rings is 1. The minimum Gasteiger partial charge on any atom is -0.455 e. The summed E-state index contributed by atoms with van der Waals surface area (Å²) in [7, 11) is -3.12. The van der Waals surface area contributed by atoms with Crippen LogP contribution in [0.15, 0.2) is 495 Å². The molecule has 0 radical (unpaired) electrons. The zero-order chi connectivity index (χ0) is 88.3. The third-order valence-electron chi connectivity index (χ3n) is 24.2. The van der Waals surface area contributed by atoms with Crippen molar-refractivity contribution in [2.24, 2.45) is 10.7 Å². The molecule has 0 saturated heterocycles. The topological polar surface area (TPSA) is 160 Å². The van der Waals surface area contributed by atoms with E-state index in [1.807, 2.05) is 285 Å². The molecule has 11 nitrogen and oxygen atoms in total. The zero-order valence-electron chi connectivity index (χ0n) is 71.5. The van der Waals surface area contributed by atoms with Gasteiger partial charge in [-0.25, -0.2) is 24.9 Å². The molecule has 2 N–H and O–H groups in total. The fraction of sp³-hybridized carbons (Fsp3) is 0.00833. The van der Waals surface area contributed by atoms with Gasteiger partial charge in [0, 0.05) is 98.8 Å². The van der Waals surface area contributed by atoms with Gasteiger partial charge in [0.05, 0.1) is 55.5 Å². The third kappa shape index (κ3) is 15.4. The average molecular weight is 1720 g/mol. The number of benzene rings is 16. The predicted molar refractivity (Wildman–Crippen MR) is 543 cm³/mol. The van der Waals surface area contributed by atoms with Crippen molar-refractivity contribution in [3.05, 3.63) is 484 Å². The number of hydrogen-bond acceptors (Lipinski definition) is 10. The average Bonchev–Trinajstić information content (AvgIpc) is 1.60. The van der Waals surface area contributed by atoms with E-state index in [-0.39, 0.29) is 0 Å². The Kier molecular flexibility index (Phi) is 21.7. The number of pyridine rings is 3. The van der Waals surface area contributed by atoms with E-state index in [1.165, 1.54) is 0 Å². The minimum absolute atomic E-state index is 0.484. The van der Waals surface area contributed by atoms with E-state index in [9.17, 15) is 0 Å². The number of furan rings is 3. The molecule has 0 aliphatic heterocycles. The van der Waals surface area contributed by atoms with Gasteiger partial charge in [-0.05, 0) is 89.3 Å². The molecular weight excluding hydrogens is 1640 g/mol. The van der Waals surface area contributed by atoms with Crippen molar-refractivity contribution in [2.45, 2.75) is 6.42 Å². The second kappa shape index (κ2) is 35.5. The van der Waals surface area contributed by atoms with Gasteiger partial charge >= 0.3 is 0 Å². The molecule has 16 aromatic carbocycles. The quantitative estimate of drug-likeness (QED) is 0.0560. The van der Waals surface area contributed by atoms with Crippen molar-refractivity contribution in [3.63, 3.8) is 0 Å². The molecule has 132 heavy (non-hydrogen) atoms. The van der Waals surface area contributed by atoms with Crippen LogP contribution in [0.4, 0.5) is 0 Å². The molecule has 12 heteroatoms. The Balaban J connectivity index is 0.000000116. The molecule has 24 rings (SSSR count). The molecular formula is C120H81N6O5P. The van der Waals surface area contributed by atoms with Crippen LogP contribution in [0, 0.1) is 0 Å². The first-order chi connectivity index (χ1) is 65.3. The molecule has 7 aromatic heterocycles. The van der Waals surface area contributed by atoms with Crippen LogP contribution in [0.3, 0.4) is 0 Å². The Labute approximate surface area is 761 Å². The van der Waals surface area contributed by atoms with E-state index in [4.69, 9.17) is 43.3 Å². The first kappa shape index (κ1) is 80.6. The fourth-order valence-corrected chi connectivity index (χ4v) is 20.6. The lowest BCUT2D eigenvalue weighted by Crippen LogP contribution is -2.24. The van der Waals surface area contributed by atoms with Crippen LogP contribution in [0.1, 0.15) is 17.5 Å². The molecule has 7 heterocycles. The summed E-state index contributed by atoms with van der Waals surface area (Å²) in [5, 5.41) is 8.29. The maximum absolute atomic E-state index is 15.1. The van der Waals surface area contributed by atoms with Crippen LogP contribution in [-0.2, 0) is 4.57 Å². The molecule has 23 aromatic rings. The van der Waals surface area contributed by atoms with E-state index in [2.05, 4.69) is 187 Å². The number of para-hydroxylation sites is 5. The Bertz CT molecular complexity index is 8300. The second-order valence-corrected chi connectivity index (χ2v) is 35.1.